The van der Waals surface area contributed by atoms with E-state index < -0.39 is 10.0 Å². The van der Waals surface area contributed by atoms with Crippen molar-refractivity contribution in [1.29, 1.82) is 0 Å². The number of benzene rings is 2. The fourth-order valence-corrected chi connectivity index (χ4v) is 4.42. The summed E-state index contributed by atoms with van der Waals surface area (Å²) >= 11 is 0. The van der Waals surface area contributed by atoms with Gasteiger partial charge in [-0.15, -0.1) is 0 Å². The third kappa shape index (κ3) is 7.46. The van der Waals surface area contributed by atoms with Crippen molar-refractivity contribution < 1.29 is 27.5 Å². The van der Waals surface area contributed by atoms with E-state index in [9.17, 15) is 18.0 Å². The topological polar surface area (TPSA) is 114 Å². The number of ether oxygens (including phenoxy) is 2. The average molecular weight is 490 g/mol. The van der Waals surface area contributed by atoms with E-state index in [1.165, 1.54) is 12.1 Å². The Morgan fingerprint density at radius 1 is 0.941 bits per heavy atom. The van der Waals surface area contributed by atoms with Gasteiger partial charge in [0.15, 0.2) is 11.5 Å². The van der Waals surface area contributed by atoms with Crippen molar-refractivity contribution >= 4 is 27.5 Å². The van der Waals surface area contributed by atoms with E-state index in [2.05, 4.69) is 10.0 Å². The fourth-order valence-electron chi connectivity index (χ4n) is 3.33. The number of fused-ring (bicyclic) bond motifs is 1. The molecule has 184 valence electrons. The predicted octanol–water partition coefficient (Wildman–Crippen LogP) is 2.57. The predicted molar refractivity (Wildman–Crippen MR) is 129 cm³/mol. The minimum Gasteiger partial charge on any atom is -0.486 e. The van der Waals surface area contributed by atoms with E-state index in [-0.39, 0.29) is 23.3 Å². The molecule has 0 unspecified atom stereocenters. The lowest BCUT2D eigenvalue weighted by Crippen LogP contribution is -2.25. The van der Waals surface area contributed by atoms with Crippen LogP contribution in [0.25, 0.3) is 0 Å². The normalized spacial score (nSPS) is 12.8. The summed E-state index contributed by atoms with van der Waals surface area (Å²) in [5.74, 6) is 0.884. The third-order valence-corrected chi connectivity index (χ3v) is 6.75. The Morgan fingerprint density at radius 3 is 2.35 bits per heavy atom. The Kier molecular flexibility index (Phi) is 8.89. The van der Waals surface area contributed by atoms with Gasteiger partial charge < -0.3 is 19.7 Å². The highest BCUT2D eigenvalue weighted by Crippen LogP contribution is 2.32. The van der Waals surface area contributed by atoms with Crippen LogP contribution in [0.3, 0.4) is 0 Å². The first-order valence-corrected chi connectivity index (χ1v) is 12.7. The Bertz CT molecular complexity index is 1100. The first-order valence-electron chi connectivity index (χ1n) is 11.2. The lowest BCUT2D eigenvalue weighted by Gasteiger charge is -2.18. The minimum atomic E-state index is -3.64. The second-order valence-electron chi connectivity index (χ2n) is 8.22. The highest BCUT2D eigenvalue weighted by atomic mass is 32.2. The van der Waals surface area contributed by atoms with Gasteiger partial charge in [-0.2, -0.15) is 0 Å². The molecule has 0 aliphatic carbocycles. The molecule has 9 nitrogen and oxygen atoms in total. The van der Waals surface area contributed by atoms with Gasteiger partial charge in [-0.3, -0.25) is 9.59 Å². The lowest BCUT2D eigenvalue weighted by molar-refractivity contribution is -0.128. The number of rotatable bonds is 11. The third-order valence-electron chi connectivity index (χ3n) is 5.29. The van der Waals surface area contributed by atoms with Gasteiger partial charge in [0.1, 0.15) is 13.2 Å². The summed E-state index contributed by atoms with van der Waals surface area (Å²) in [4.78, 5) is 25.6. The largest absolute Gasteiger partial charge is 0.486 e. The van der Waals surface area contributed by atoms with Crippen LogP contribution in [0.15, 0.2) is 47.4 Å². The summed E-state index contributed by atoms with van der Waals surface area (Å²) in [6, 6.07) is 11.8. The number of unbranched alkanes of at least 4 members (excludes halogenated alkanes) is 2. The zero-order valence-corrected chi connectivity index (χ0v) is 20.3. The van der Waals surface area contributed by atoms with Crippen molar-refractivity contribution in [2.75, 3.05) is 39.2 Å². The molecule has 0 aromatic heterocycles. The molecule has 2 aromatic rings. The van der Waals surface area contributed by atoms with Gasteiger partial charge in [0.2, 0.25) is 21.8 Å². The molecular weight excluding hydrogens is 458 g/mol. The number of amides is 2. The van der Waals surface area contributed by atoms with E-state index in [4.69, 9.17) is 9.47 Å². The van der Waals surface area contributed by atoms with Gasteiger partial charge in [0.25, 0.3) is 0 Å². The highest BCUT2D eigenvalue weighted by molar-refractivity contribution is 7.89. The van der Waals surface area contributed by atoms with Crippen LogP contribution in [-0.2, 0) is 26.0 Å². The van der Waals surface area contributed by atoms with Gasteiger partial charge in [0.05, 0.1) is 11.3 Å². The number of nitrogens with zero attached hydrogens (tertiary/aromatic N) is 1. The van der Waals surface area contributed by atoms with Gasteiger partial charge in [-0.1, -0.05) is 18.6 Å². The summed E-state index contributed by atoms with van der Waals surface area (Å²) in [7, 11) is -0.214. The van der Waals surface area contributed by atoms with Crippen molar-refractivity contribution in [3.8, 4) is 11.5 Å². The molecule has 0 saturated heterocycles. The van der Waals surface area contributed by atoms with E-state index in [0.29, 0.717) is 62.5 Å². The van der Waals surface area contributed by atoms with Gasteiger partial charge in [-0.05, 0) is 42.7 Å². The Hall–Kier alpha value is -3.11. The second-order valence-corrected chi connectivity index (χ2v) is 9.99. The number of carbonyl (C=O) groups excluding carboxylic acids is 2. The lowest BCUT2D eigenvalue weighted by atomic mass is 10.1. The molecule has 0 spiro atoms. The number of hydrogen-bond donors (Lipinski definition) is 2. The smallest absolute Gasteiger partial charge is 0.240 e. The molecule has 3 rings (SSSR count). The van der Waals surface area contributed by atoms with Crippen LogP contribution >= 0.6 is 0 Å². The Labute approximate surface area is 200 Å². The van der Waals surface area contributed by atoms with Crippen LogP contribution in [0.1, 0.15) is 31.2 Å². The SMILES string of the molecule is CN(C)C(=O)Cc1ccc(NC(=O)CCCCCNS(=O)(=O)c2ccc3c(c2)OCCO3)cc1. The molecule has 0 radical (unpaired) electrons. The molecule has 0 bridgehead atoms. The highest BCUT2D eigenvalue weighted by Gasteiger charge is 2.19. The summed E-state index contributed by atoms with van der Waals surface area (Å²) in [6.45, 7) is 1.12. The van der Waals surface area contributed by atoms with Crippen molar-refractivity contribution in [2.45, 2.75) is 37.0 Å². The molecule has 0 atom stereocenters. The van der Waals surface area contributed by atoms with Crippen LogP contribution in [-0.4, -0.2) is 59.0 Å². The van der Waals surface area contributed by atoms with E-state index >= 15 is 0 Å². The molecule has 2 N–H and O–H groups in total. The summed E-state index contributed by atoms with van der Waals surface area (Å²) in [5, 5.41) is 2.84. The molecule has 1 heterocycles. The quantitative estimate of drug-likeness (QED) is 0.469. The monoisotopic (exact) mass is 489 g/mol. The number of anilines is 1. The van der Waals surface area contributed by atoms with Crippen molar-refractivity contribution in [3.63, 3.8) is 0 Å². The number of carbonyl (C=O) groups is 2. The standard InChI is InChI=1S/C24H31N3O6S/c1-27(2)24(29)16-18-7-9-19(10-8-18)26-23(28)6-4-3-5-13-25-34(30,31)20-11-12-21-22(17-20)33-15-14-32-21/h7-12,17,25H,3-6,13-16H2,1-2H3,(H,26,28). The zero-order valence-electron chi connectivity index (χ0n) is 19.5. The second kappa shape index (κ2) is 11.8. The number of hydrogen-bond acceptors (Lipinski definition) is 6. The van der Waals surface area contributed by atoms with Crippen LogP contribution in [0.4, 0.5) is 5.69 Å². The van der Waals surface area contributed by atoms with Crippen molar-refractivity contribution in [1.82, 2.24) is 9.62 Å². The van der Waals surface area contributed by atoms with E-state index in [0.717, 1.165) is 5.56 Å². The Balaban J connectivity index is 1.34. The maximum Gasteiger partial charge on any atom is 0.240 e. The van der Waals surface area contributed by atoms with Gasteiger partial charge in [0, 0.05) is 38.8 Å². The number of sulfonamides is 1. The van der Waals surface area contributed by atoms with Crippen LogP contribution in [0.5, 0.6) is 11.5 Å². The van der Waals surface area contributed by atoms with Crippen LogP contribution in [0, 0.1) is 0 Å². The van der Waals surface area contributed by atoms with E-state index in [1.807, 2.05) is 12.1 Å². The summed E-state index contributed by atoms with van der Waals surface area (Å²) < 4.78 is 38.4. The first kappa shape index (κ1) is 25.5. The summed E-state index contributed by atoms with van der Waals surface area (Å²) in [5.41, 5.74) is 1.56. The molecule has 2 amide bonds. The van der Waals surface area contributed by atoms with Crippen LogP contribution < -0.4 is 19.5 Å². The van der Waals surface area contributed by atoms with Gasteiger partial charge in [-0.25, -0.2) is 13.1 Å². The molecule has 34 heavy (non-hydrogen) atoms. The first-order chi connectivity index (χ1) is 16.2. The maximum absolute atomic E-state index is 12.5. The molecule has 10 heteroatoms. The maximum atomic E-state index is 12.5. The minimum absolute atomic E-state index is 0.0189. The van der Waals surface area contributed by atoms with Gasteiger partial charge >= 0.3 is 0 Å². The molecular formula is C24H31N3O6S. The van der Waals surface area contributed by atoms with Crippen LogP contribution in [0.2, 0.25) is 0 Å². The van der Waals surface area contributed by atoms with E-state index in [1.54, 1.807) is 37.2 Å². The summed E-state index contributed by atoms with van der Waals surface area (Å²) in [6.07, 6.45) is 2.64. The Morgan fingerprint density at radius 2 is 1.65 bits per heavy atom. The number of likely N-dealkylation sites (N-methyl/N-ethyl adjacent to an activating group) is 1. The molecule has 0 fully saturated rings. The molecule has 1 aliphatic heterocycles. The molecule has 1 aliphatic rings. The van der Waals surface area contributed by atoms with Crippen molar-refractivity contribution in [3.05, 3.63) is 48.0 Å². The zero-order chi connectivity index (χ0) is 24.6. The average Bonchev–Trinajstić information content (AvgIpc) is 2.82. The molecule has 0 saturated carbocycles. The van der Waals surface area contributed by atoms with Crippen molar-refractivity contribution in [2.24, 2.45) is 0 Å². The molecule has 2 aromatic carbocycles. The number of nitrogens with one attached hydrogen (secondary N) is 2. The fraction of sp³-hybridized carbons (Fsp3) is 0.417.